The Hall–Kier alpha value is -3.06. The number of para-hydroxylation sites is 1. The van der Waals surface area contributed by atoms with Gasteiger partial charge < -0.3 is 10.2 Å². The van der Waals surface area contributed by atoms with Crippen LogP contribution in [0.4, 0.5) is 5.95 Å². The van der Waals surface area contributed by atoms with Crippen LogP contribution in [0, 0.1) is 0 Å². The first-order valence-electron chi connectivity index (χ1n) is 9.67. The Kier molecular flexibility index (Phi) is 5.72. The summed E-state index contributed by atoms with van der Waals surface area (Å²) in [7, 11) is 0. The van der Waals surface area contributed by atoms with Gasteiger partial charge in [0.15, 0.2) is 0 Å². The van der Waals surface area contributed by atoms with Gasteiger partial charge in [0, 0.05) is 56.7 Å². The van der Waals surface area contributed by atoms with E-state index in [2.05, 4.69) is 30.1 Å². The lowest BCUT2D eigenvalue weighted by molar-refractivity contribution is 0.0953. The highest BCUT2D eigenvalue weighted by molar-refractivity contribution is 6.05. The number of carbonyl (C=O) groups is 1. The first-order valence-corrected chi connectivity index (χ1v) is 9.67. The van der Waals surface area contributed by atoms with Crippen molar-refractivity contribution in [2.24, 2.45) is 0 Å². The molecule has 7 heteroatoms. The summed E-state index contributed by atoms with van der Waals surface area (Å²) >= 11 is 0. The fourth-order valence-corrected chi connectivity index (χ4v) is 3.51. The Labute approximate surface area is 164 Å². The molecule has 4 rings (SSSR count). The standard InChI is InChI=1S/C21H24N6O/c28-20(18-7-1-5-17-6-2-8-22-19(17)18)23-11-4-12-26-13-15-27(16-14-26)21-24-9-3-10-25-21/h1-3,5-10H,4,11-16H2,(H,23,28). The summed E-state index contributed by atoms with van der Waals surface area (Å²) in [5.74, 6) is 0.744. The number of pyridine rings is 1. The first-order chi connectivity index (χ1) is 13.8. The average Bonchev–Trinajstić information content (AvgIpc) is 2.77. The second kappa shape index (κ2) is 8.75. The van der Waals surface area contributed by atoms with Crippen LogP contribution in [0.2, 0.25) is 0 Å². The van der Waals surface area contributed by atoms with Crippen molar-refractivity contribution in [2.75, 3.05) is 44.2 Å². The van der Waals surface area contributed by atoms with Gasteiger partial charge in [0.05, 0.1) is 11.1 Å². The average molecular weight is 376 g/mol. The lowest BCUT2D eigenvalue weighted by atomic mass is 10.1. The van der Waals surface area contributed by atoms with E-state index in [9.17, 15) is 4.79 Å². The highest BCUT2D eigenvalue weighted by Crippen LogP contribution is 2.15. The molecule has 0 bridgehead atoms. The van der Waals surface area contributed by atoms with Crippen LogP contribution in [0.3, 0.4) is 0 Å². The van der Waals surface area contributed by atoms with Gasteiger partial charge in [-0.3, -0.25) is 14.7 Å². The molecule has 0 aliphatic carbocycles. The molecule has 1 aliphatic heterocycles. The molecule has 0 radical (unpaired) electrons. The van der Waals surface area contributed by atoms with Gasteiger partial charge in [-0.15, -0.1) is 0 Å². The fraction of sp³-hybridized carbons (Fsp3) is 0.333. The molecule has 2 aromatic heterocycles. The molecule has 1 saturated heterocycles. The maximum Gasteiger partial charge on any atom is 0.253 e. The number of nitrogens with zero attached hydrogens (tertiary/aromatic N) is 5. The molecule has 1 N–H and O–H groups in total. The van der Waals surface area contributed by atoms with Crippen molar-refractivity contribution >= 4 is 22.8 Å². The van der Waals surface area contributed by atoms with Gasteiger partial charge in [-0.2, -0.15) is 0 Å². The van der Waals surface area contributed by atoms with E-state index in [1.807, 2.05) is 36.4 Å². The van der Waals surface area contributed by atoms with Crippen LogP contribution in [-0.2, 0) is 0 Å². The zero-order valence-corrected chi connectivity index (χ0v) is 15.8. The maximum absolute atomic E-state index is 12.5. The Morgan fingerprint density at radius 2 is 1.68 bits per heavy atom. The van der Waals surface area contributed by atoms with E-state index in [-0.39, 0.29) is 5.91 Å². The van der Waals surface area contributed by atoms with Crippen LogP contribution in [0.1, 0.15) is 16.8 Å². The minimum atomic E-state index is -0.0599. The summed E-state index contributed by atoms with van der Waals surface area (Å²) in [6.45, 7) is 5.45. The van der Waals surface area contributed by atoms with Gasteiger partial charge in [-0.1, -0.05) is 18.2 Å². The minimum Gasteiger partial charge on any atom is -0.352 e. The van der Waals surface area contributed by atoms with E-state index in [0.717, 1.165) is 56.0 Å². The first kappa shape index (κ1) is 18.3. The Morgan fingerprint density at radius 3 is 2.50 bits per heavy atom. The van der Waals surface area contributed by atoms with Gasteiger partial charge >= 0.3 is 0 Å². The normalized spacial score (nSPS) is 14.9. The summed E-state index contributed by atoms with van der Waals surface area (Å²) in [6, 6.07) is 11.4. The van der Waals surface area contributed by atoms with E-state index in [0.29, 0.717) is 12.1 Å². The fourth-order valence-electron chi connectivity index (χ4n) is 3.51. The molecular weight excluding hydrogens is 352 g/mol. The van der Waals surface area contributed by atoms with Crippen LogP contribution >= 0.6 is 0 Å². The predicted octanol–water partition coefficient (Wildman–Crippen LogP) is 1.97. The van der Waals surface area contributed by atoms with E-state index in [4.69, 9.17) is 0 Å². The molecule has 0 spiro atoms. The Balaban J connectivity index is 1.21. The number of piperazine rings is 1. The van der Waals surface area contributed by atoms with Gasteiger partial charge in [0.1, 0.15) is 0 Å². The van der Waals surface area contributed by atoms with Crippen molar-refractivity contribution in [3.63, 3.8) is 0 Å². The van der Waals surface area contributed by atoms with E-state index in [1.165, 1.54) is 0 Å². The number of fused-ring (bicyclic) bond motifs is 1. The summed E-state index contributed by atoms with van der Waals surface area (Å²) in [6.07, 6.45) is 6.21. The van der Waals surface area contributed by atoms with Crippen molar-refractivity contribution in [1.82, 2.24) is 25.2 Å². The van der Waals surface area contributed by atoms with Crippen LogP contribution in [0.15, 0.2) is 55.0 Å². The SMILES string of the molecule is O=C(NCCCN1CCN(c2ncccn2)CC1)c1cccc2cccnc12. The Bertz CT molecular complexity index is 919. The van der Waals surface area contributed by atoms with E-state index < -0.39 is 0 Å². The predicted molar refractivity (Wildman–Crippen MR) is 109 cm³/mol. The Morgan fingerprint density at radius 1 is 0.929 bits per heavy atom. The number of amides is 1. The van der Waals surface area contributed by atoms with Gasteiger partial charge in [-0.05, 0) is 31.2 Å². The second-order valence-corrected chi connectivity index (χ2v) is 6.87. The number of hydrogen-bond donors (Lipinski definition) is 1. The molecule has 1 aliphatic rings. The van der Waals surface area contributed by atoms with Crippen LogP contribution in [-0.4, -0.2) is 65.0 Å². The van der Waals surface area contributed by atoms with Gasteiger partial charge in [-0.25, -0.2) is 9.97 Å². The monoisotopic (exact) mass is 376 g/mol. The molecule has 3 heterocycles. The van der Waals surface area contributed by atoms with Crippen LogP contribution in [0.25, 0.3) is 10.9 Å². The zero-order valence-electron chi connectivity index (χ0n) is 15.8. The topological polar surface area (TPSA) is 74.2 Å². The molecule has 1 amide bonds. The number of benzene rings is 1. The molecule has 0 atom stereocenters. The van der Waals surface area contributed by atoms with Gasteiger partial charge in [0.2, 0.25) is 5.95 Å². The number of rotatable bonds is 6. The molecule has 3 aromatic rings. The minimum absolute atomic E-state index is 0.0599. The smallest absolute Gasteiger partial charge is 0.253 e. The quantitative estimate of drug-likeness (QED) is 0.663. The lowest BCUT2D eigenvalue weighted by Crippen LogP contribution is -2.47. The maximum atomic E-state index is 12.5. The molecule has 1 aromatic carbocycles. The summed E-state index contributed by atoms with van der Waals surface area (Å²) in [5, 5.41) is 4.01. The third kappa shape index (κ3) is 4.26. The number of hydrogen-bond acceptors (Lipinski definition) is 6. The molecule has 144 valence electrons. The molecular formula is C21H24N6O. The molecule has 0 unspecified atom stereocenters. The number of nitrogens with one attached hydrogen (secondary N) is 1. The van der Waals surface area contributed by atoms with Crippen molar-refractivity contribution in [3.05, 3.63) is 60.6 Å². The van der Waals surface area contributed by atoms with Crippen molar-refractivity contribution in [1.29, 1.82) is 0 Å². The third-order valence-electron chi connectivity index (χ3n) is 5.02. The molecule has 1 fully saturated rings. The van der Waals surface area contributed by atoms with Crippen LogP contribution in [0.5, 0.6) is 0 Å². The summed E-state index contributed by atoms with van der Waals surface area (Å²) in [5.41, 5.74) is 1.39. The highest BCUT2D eigenvalue weighted by atomic mass is 16.1. The second-order valence-electron chi connectivity index (χ2n) is 6.87. The van der Waals surface area contributed by atoms with Crippen molar-refractivity contribution < 1.29 is 4.79 Å². The number of anilines is 1. The third-order valence-corrected chi connectivity index (χ3v) is 5.02. The lowest BCUT2D eigenvalue weighted by Gasteiger charge is -2.34. The molecule has 7 nitrogen and oxygen atoms in total. The zero-order chi connectivity index (χ0) is 19.2. The molecule has 28 heavy (non-hydrogen) atoms. The van der Waals surface area contributed by atoms with E-state index in [1.54, 1.807) is 18.6 Å². The van der Waals surface area contributed by atoms with Gasteiger partial charge in [0.25, 0.3) is 5.91 Å². The van der Waals surface area contributed by atoms with Crippen molar-refractivity contribution in [2.45, 2.75) is 6.42 Å². The largest absolute Gasteiger partial charge is 0.352 e. The van der Waals surface area contributed by atoms with E-state index >= 15 is 0 Å². The summed E-state index contributed by atoms with van der Waals surface area (Å²) < 4.78 is 0. The highest BCUT2D eigenvalue weighted by Gasteiger charge is 2.18. The molecule has 0 saturated carbocycles. The summed E-state index contributed by atoms with van der Waals surface area (Å²) in [4.78, 5) is 30.1. The van der Waals surface area contributed by atoms with Crippen LogP contribution < -0.4 is 10.2 Å². The number of carbonyl (C=O) groups excluding carboxylic acids is 1. The number of aromatic nitrogens is 3. The van der Waals surface area contributed by atoms with Crippen molar-refractivity contribution in [3.8, 4) is 0 Å².